The van der Waals surface area contributed by atoms with E-state index in [4.69, 9.17) is 0 Å². The summed E-state index contributed by atoms with van der Waals surface area (Å²) in [5.74, 6) is 0. The number of amides is 4. The number of unbranched alkanes of at least 4 members (excludes halogenated alkanes) is 18. The minimum Gasteiger partial charge on any atom is -0.338 e. The van der Waals surface area contributed by atoms with Gasteiger partial charge in [-0.25, -0.2) is 9.59 Å². The first-order chi connectivity index (χ1) is 29.9. The highest BCUT2D eigenvalue weighted by Crippen LogP contribution is 2.47. The lowest BCUT2D eigenvalue weighted by molar-refractivity contribution is 0.251. The van der Waals surface area contributed by atoms with Crippen LogP contribution in [0, 0.1) is 13.8 Å². The van der Waals surface area contributed by atoms with E-state index in [1.807, 2.05) is 46.9 Å². The zero-order valence-corrected chi connectivity index (χ0v) is 39.7. The number of urea groups is 2. The molecular weight excluding hydrogens is 789 g/mol. The number of carbonyl (C=O) groups excluding carboxylic acids is 2. The molecule has 0 saturated heterocycles. The quantitative estimate of drug-likeness (QED) is 0.0429. The van der Waals surface area contributed by atoms with Gasteiger partial charge in [0, 0.05) is 44.0 Å². The Kier molecular flexibility index (Phi) is 21.5. The summed E-state index contributed by atoms with van der Waals surface area (Å²) in [6, 6.07) is 21.0. The number of anilines is 2. The molecule has 2 aromatic heterocycles. The molecule has 0 radical (unpaired) electrons. The smallest absolute Gasteiger partial charge is 0.319 e. The third-order valence-corrected chi connectivity index (χ3v) is 14.4. The van der Waals surface area contributed by atoms with E-state index in [0.29, 0.717) is 13.1 Å². The molecule has 0 aliphatic heterocycles. The number of carbonyl (C=O) groups is 2. The number of thiophene rings is 2. The van der Waals surface area contributed by atoms with Gasteiger partial charge in [0.25, 0.3) is 0 Å². The molecule has 1 aliphatic rings. The van der Waals surface area contributed by atoms with Crippen LogP contribution in [0.4, 0.5) is 21.0 Å². The van der Waals surface area contributed by atoms with Gasteiger partial charge < -0.3 is 21.3 Å². The van der Waals surface area contributed by atoms with Crippen LogP contribution in [0.25, 0.3) is 32.0 Å². The fourth-order valence-electron chi connectivity index (χ4n) is 8.60. The van der Waals surface area contributed by atoms with E-state index in [2.05, 4.69) is 85.4 Å². The van der Waals surface area contributed by atoms with Crippen molar-refractivity contribution in [1.29, 1.82) is 0 Å². The maximum Gasteiger partial charge on any atom is 0.319 e. The third-order valence-electron chi connectivity index (χ3n) is 12.2. The van der Waals surface area contributed by atoms with Crippen LogP contribution >= 0.6 is 22.7 Å². The second kappa shape index (κ2) is 27.2. The van der Waals surface area contributed by atoms with E-state index in [9.17, 15) is 9.59 Å². The predicted octanol–water partition coefficient (Wildman–Crippen LogP) is 16.9. The monoisotopic (exact) mass is 865 g/mol. The summed E-state index contributed by atoms with van der Waals surface area (Å²) in [7, 11) is 0. The van der Waals surface area contributed by atoms with Gasteiger partial charge in [-0.05, 0) is 116 Å². The zero-order chi connectivity index (χ0) is 43.1. The number of aryl methyl sites for hydroxylation is 2. The molecule has 61 heavy (non-hydrogen) atoms. The van der Waals surface area contributed by atoms with Crippen molar-refractivity contribution in [3.05, 3.63) is 81.5 Å². The Morgan fingerprint density at radius 2 is 0.803 bits per heavy atom. The van der Waals surface area contributed by atoms with E-state index in [1.165, 1.54) is 175 Å². The summed E-state index contributed by atoms with van der Waals surface area (Å²) < 4.78 is 0. The molecule has 2 heterocycles. The summed E-state index contributed by atoms with van der Waals surface area (Å²) in [4.78, 5) is 30.4. The molecule has 4 aromatic rings. The van der Waals surface area contributed by atoms with Crippen LogP contribution < -0.4 is 21.3 Å². The SMILES string of the molecule is CCCCCCCCCCCCNC(=O)Nc1ccc(-c2cc(C3=C(c4cc(-c5ccc(NC(=O)NCCCCCCCCCCCC)cc5)sc4C)CCC3)c(C)s2)cc1. The Morgan fingerprint density at radius 1 is 0.475 bits per heavy atom. The molecule has 8 heteroatoms. The fourth-order valence-corrected chi connectivity index (χ4v) is 10.7. The van der Waals surface area contributed by atoms with Crippen molar-refractivity contribution in [3.63, 3.8) is 0 Å². The summed E-state index contributed by atoms with van der Waals surface area (Å²) in [5, 5.41) is 12.1. The molecule has 0 fully saturated rings. The van der Waals surface area contributed by atoms with Crippen molar-refractivity contribution in [2.24, 2.45) is 0 Å². The van der Waals surface area contributed by atoms with Gasteiger partial charge in [-0.15, -0.1) is 22.7 Å². The average Bonchev–Trinajstić information content (AvgIpc) is 4.00. The van der Waals surface area contributed by atoms with Crippen molar-refractivity contribution < 1.29 is 9.59 Å². The molecule has 0 bridgehead atoms. The Hall–Kier alpha value is -3.88. The molecule has 0 unspecified atom stereocenters. The number of hydrogen-bond donors (Lipinski definition) is 4. The van der Waals surface area contributed by atoms with E-state index in [-0.39, 0.29) is 12.1 Å². The largest absolute Gasteiger partial charge is 0.338 e. The molecule has 4 N–H and O–H groups in total. The summed E-state index contributed by atoms with van der Waals surface area (Å²) in [6.07, 6.45) is 29.2. The van der Waals surface area contributed by atoms with Gasteiger partial charge in [-0.3, -0.25) is 0 Å². The molecule has 0 atom stereocenters. The molecule has 5 rings (SSSR count). The van der Waals surface area contributed by atoms with Gasteiger partial charge in [-0.1, -0.05) is 154 Å². The topological polar surface area (TPSA) is 82.3 Å². The number of nitrogens with one attached hydrogen (secondary N) is 4. The van der Waals surface area contributed by atoms with Gasteiger partial charge in [-0.2, -0.15) is 0 Å². The number of rotatable bonds is 28. The maximum absolute atomic E-state index is 12.6. The molecule has 2 aromatic carbocycles. The minimum absolute atomic E-state index is 0.131. The second-order valence-corrected chi connectivity index (χ2v) is 19.8. The first kappa shape index (κ1) is 48.2. The molecule has 4 amide bonds. The lowest BCUT2D eigenvalue weighted by Crippen LogP contribution is -2.29. The normalized spacial score (nSPS) is 12.6. The molecular formula is C53H76N4O2S2. The van der Waals surface area contributed by atoms with Crippen LogP contribution in [0.2, 0.25) is 0 Å². The molecule has 1 aliphatic carbocycles. The van der Waals surface area contributed by atoms with E-state index >= 15 is 0 Å². The highest BCUT2D eigenvalue weighted by atomic mass is 32.1. The molecule has 0 spiro atoms. The maximum atomic E-state index is 12.6. The average molecular weight is 865 g/mol. The zero-order valence-electron chi connectivity index (χ0n) is 38.1. The summed E-state index contributed by atoms with van der Waals surface area (Å²) in [5.41, 5.74) is 9.68. The Bertz CT molecular complexity index is 1790. The summed E-state index contributed by atoms with van der Waals surface area (Å²) >= 11 is 3.71. The van der Waals surface area contributed by atoms with Gasteiger partial charge in [0.1, 0.15) is 0 Å². The highest BCUT2D eigenvalue weighted by molar-refractivity contribution is 7.16. The van der Waals surface area contributed by atoms with Crippen molar-refractivity contribution in [3.8, 4) is 20.9 Å². The second-order valence-electron chi connectivity index (χ2n) is 17.3. The van der Waals surface area contributed by atoms with Crippen molar-refractivity contribution in [2.45, 2.75) is 175 Å². The van der Waals surface area contributed by atoms with E-state index in [1.54, 1.807) is 0 Å². The Morgan fingerprint density at radius 3 is 1.15 bits per heavy atom. The minimum atomic E-state index is -0.131. The van der Waals surface area contributed by atoms with Crippen LogP contribution in [0.15, 0.2) is 60.7 Å². The van der Waals surface area contributed by atoms with Gasteiger partial charge in [0.15, 0.2) is 0 Å². The molecule has 6 nitrogen and oxygen atoms in total. The van der Waals surface area contributed by atoms with Crippen LogP contribution in [-0.4, -0.2) is 25.2 Å². The lowest BCUT2D eigenvalue weighted by atomic mass is 9.96. The van der Waals surface area contributed by atoms with Crippen LogP contribution in [0.5, 0.6) is 0 Å². The Balaban J connectivity index is 1.07. The van der Waals surface area contributed by atoms with Crippen LogP contribution in [0.3, 0.4) is 0 Å². The highest BCUT2D eigenvalue weighted by Gasteiger charge is 2.23. The first-order valence-corrected chi connectivity index (χ1v) is 25.7. The van der Waals surface area contributed by atoms with Gasteiger partial charge in [0.2, 0.25) is 0 Å². The fraction of sp³-hybridized carbons (Fsp3) is 0.547. The standard InChI is InChI=1S/C53H76N4O2S2/c1-5-7-9-11-13-15-17-19-21-23-36-54-52(58)56-44-32-28-42(29-33-44)50-38-48(40(3)60-50)46-26-25-27-47(46)49-39-51(61-41(49)4)43-30-34-45(35-31-43)57-53(59)55-37-24-22-20-18-16-14-12-10-8-6-2/h28-35,38-39H,5-27,36-37H2,1-4H3,(H2,54,56,58)(H2,55,57,59). The van der Waals surface area contributed by atoms with Gasteiger partial charge >= 0.3 is 12.1 Å². The molecule has 332 valence electrons. The van der Waals surface area contributed by atoms with Gasteiger partial charge in [0.05, 0.1) is 0 Å². The Labute approximate surface area is 377 Å². The summed E-state index contributed by atoms with van der Waals surface area (Å²) in [6.45, 7) is 10.5. The van der Waals surface area contributed by atoms with E-state index < -0.39 is 0 Å². The van der Waals surface area contributed by atoms with Crippen LogP contribution in [-0.2, 0) is 0 Å². The van der Waals surface area contributed by atoms with Crippen molar-refractivity contribution in [2.75, 3.05) is 23.7 Å². The predicted molar refractivity (Wildman–Crippen MR) is 267 cm³/mol. The molecule has 0 saturated carbocycles. The van der Waals surface area contributed by atoms with Crippen molar-refractivity contribution in [1.82, 2.24) is 10.6 Å². The number of allylic oxidation sites excluding steroid dienone is 2. The van der Waals surface area contributed by atoms with Crippen molar-refractivity contribution >= 4 is 57.3 Å². The van der Waals surface area contributed by atoms with Crippen LogP contribution in [0.1, 0.15) is 182 Å². The number of hydrogen-bond acceptors (Lipinski definition) is 4. The number of benzene rings is 2. The van der Waals surface area contributed by atoms with E-state index in [0.717, 1.165) is 37.1 Å². The first-order valence-electron chi connectivity index (χ1n) is 24.1. The third kappa shape index (κ3) is 16.4. The lowest BCUT2D eigenvalue weighted by Gasteiger charge is -2.09.